The SMILES string of the molecule is O=C(CSc1ccc(NC(=O)c2cccc3cccc(C(=O)O)c23)cc1)c1ccc(Cl)cc1. The number of hydrogen-bond acceptors (Lipinski definition) is 4. The quantitative estimate of drug-likeness (QED) is 0.238. The van der Waals surface area contributed by atoms with E-state index >= 15 is 0 Å². The highest BCUT2D eigenvalue weighted by molar-refractivity contribution is 8.00. The smallest absolute Gasteiger partial charge is 0.336 e. The molecule has 0 atom stereocenters. The largest absolute Gasteiger partial charge is 0.478 e. The van der Waals surface area contributed by atoms with Crippen molar-refractivity contribution in [1.82, 2.24) is 0 Å². The maximum atomic E-state index is 12.9. The van der Waals surface area contributed by atoms with Crippen LogP contribution in [0.5, 0.6) is 0 Å². The summed E-state index contributed by atoms with van der Waals surface area (Å²) in [6, 6.07) is 23.9. The third-order valence-electron chi connectivity index (χ3n) is 5.03. The minimum Gasteiger partial charge on any atom is -0.478 e. The molecule has 0 aromatic heterocycles. The molecule has 0 aliphatic rings. The molecule has 33 heavy (non-hydrogen) atoms. The molecule has 0 aliphatic carbocycles. The number of amides is 1. The van der Waals surface area contributed by atoms with Gasteiger partial charge in [0.2, 0.25) is 0 Å². The van der Waals surface area contributed by atoms with Crippen LogP contribution in [0.1, 0.15) is 31.1 Å². The van der Waals surface area contributed by atoms with E-state index in [1.807, 2.05) is 12.1 Å². The summed E-state index contributed by atoms with van der Waals surface area (Å²) in [5, 5.41) is 14.0. The van der Waals surface area contributed by atoms with E-state index in [2.05, 4.69) is 5.32 Å². The molecule has 0 heterocycles. The molecule has 0 bridgehead atoms. The van der Waals surface area contributed by atoms with Crippen molar-refractivity contribution in [3.8, 4) is 0 Å². The molecule has 0 spiro atoms. The number of carboxylic acid groups (broad SMARTS) is 1. The van der Waals surface area contributed by atoms with E-state index in [0.717, 1.165) is 4.90 Å². The minimum atomic E-state index is -1.09. The first-order valence-corrected chi connectivity index (χ1v) is 11.4. The molecule has 5 nitrogen and oxygen atoms in total. The number of rotatable bonds is 7. The van der Waals surface area contributed by atoms with Gasteiger partial charge in [-0.05, 0) is 66.0 Å². The molecular weight excluding hydrogens is 458 g/mol. The summed E-state index contributed by atoms with van der Waals surface area (Å²) in [5.74, 6) is -1.20. The van der Waals surface area contributed by atoms with Crippen LogP contribution in [0, 0.1) is 0 Å². The average Bonchev–Trinajstić information content (AvgIpc) is 2.83. The number of halogens is 1. The van der Waals surface area contributed by atoms with Crippen LogP contribution in [0.4, 0.5) is 5.69 Å². The first-order valence-electron chi connectivity index (χ1n) is 10.0. The topological polar surface area (TPSA) is 83.5 Å². The summed E-state index contributed by atoms with van der Waals surface area (Å²) in [4.78, 5) is 37.8. The van der Waals surface area contributed by atoms with Crippen molar-refractivity contribution in [2.45, 2.75) is 4.90 Å². The minimum absolute atomic E-state index is 0.000707. The van der Waals surface area contributed by atoms with Crippen LogP contribution < -0.4 is 5.32 Å². The fraction of sp³-hybridized carbons (Fsp3) is 0.0385. The van der Waals surface area contributed by atoms with Gasteiger partial charge >= 0.3 is 5.97 Å². The Bertz CT molecular complexity index is 1350. The lowest BCUT2D eigenvalue weighted by molar-refractivity contribution is 0.0698. The van der Waals surface area contributed by atoms with Crippen molar-refractivity contribution in [2.75, 3.05) is 11.1 Å². The van der Waals surface area contributed by atoms with Crippen molar-refractivity contribution >= 4 is 57.5 Å². The molecule has 0 aliphatic heterocycles. The monoisotopic (exact) mass is 475 g/mol. The Kier molecular flexibility index (Phi) is 6.77. The Morgan fingerprint density at radius 2 is 1.45 bits per heavy atom. The first kappa shape index (κ1) is 22.6. The zero-order valence-corrected chi connectivity index (χ0v) is 18.8. The molecule has 4 rings (SSSR count). The summed E-state index contributed by atoms with van der Waals surface area (Å²) in [6.45, 7) is 0. The molecule has 0 radical (unpaired) electrons. The van der Waals surface area contributed by atoms with E-state index in [4.69, 9.17) is 11.6 Å². The number of anilines is 1. The maximum Gasteiger partial charge on any atom is 0.336 e. The highest BCUT2D eigenvalue weighted by atomic mass is 35.5. The zero-order valence-electron chi connectivity index (χ0n) is 17.2. The van der Waals surface area contributed by atoms with Gasteiger partial charge in [-0.25, -0.2) is 4.79 Å². The van der Waals surface area contributed by atoms with Gasteiger partial charge in [0.1, 0.15) is 0 Å². The number of carbonyl (C=O) groups is 3. The average molecular weight is 476 g/mol. The summed E-state index contributed by atoms with van der Waals surface area (Å²) in [6.07, 6.45) is 0. The Morgan fingerprint density at radius 3 is 2.09 bits per heavy atom. The number of carbonyl (C=O) groups excluding carboxylic acids is 2. The molecule has 1 amide bonds. The maximum absolute atomic E-state index is 12.9. The van der Waals surface area contributed by atoms with Crippen LogP contribution in [-0.4, -0.2) is 28.5 Å². The van der Waals surface area contributed by atoms with Gasteiger partial charge in [-0.15, -0.1) is 11.8 Å². The zero-order chi connectivity index (χ0) is 23.4. The molecule has 0 fully saturated rings. The number of aromatic carboxylic acids is 1. The van der Waals surface area contributed by atoms with Crippen molar-refractivity contribution in [1.29, 1.82) is 0 Å². The number of benzene rings is 4. The number of ketones is 1. The summed E-state index contributed by atoms with van der Waals surface area (Å²) >= 11 is 7.25. The highest BCUT2D eigenvalue weighted by Crippen LogP contribution is 2.26. The van der Waals surface area contributed by atoms with Gasteiger partial charge < -0.3 is 10.4 Å². The molecular formula is C26H18ClNO4S. The molecule has 4 aromatic carbocycles. The highest BCUT2D eigenvalue weighted by Gasteiger charge is 2.16. The summed E-state index contributed by atoms with van der Waals surface area (Å²) in [5.41, 5.74) is 1.54. The predicted octanol–water partition coefficient (Wildman–Crippen LogP) is 6.42. The molecule has 0 saturated heterocycles. The Hall–Kier alpha value is -3.61. The van der Waals surface area contributed by atoms with Gasteiger partial charge in [0.15, 0.2) is 5.78 Å². The van der Waals surface area contributed by atoms with E-state index < -0.39 is 11.9 Å². The van der Waals surface area contributed by atoms with Crippen LogP contribution >= 0.6 is 23.4 Å². The van der Waals surface area contributed by atoms with Gasteiger partial charge in [-0.2, -0.15) is 0 Å². The normalized spacial score (nSPS) is 10.7. The first-order chi connectivity index (χ1) is 15.9. The third kappa shape index (κ3) is 5.25. The van der Waals surface area contributed by atoms with E-state index in [9.17, 15) is 19.5 Å². The molecule has 0 unspecified atom stereocenters. The fourth-order valence-electron chi connectivity index (χ4n) is 3.41. The number of thioether (sulfide) groups is 1. The molecule has 4 aromatic rings. The number of fused-ring (bicyclic) bond motifs is 1. The van der Waals surface area contributed by atoms with Crippen LogP contribution in [0.25, 0.3) is 10.8 Å². The summed E-state index contributed by atoms with van der Waals surface area (Å²) in [7, 11) is 0. The molecule has 2 N–H and O–H groups in total. The van der Waals surface area contributed by atoms with Crippen molar-refractivity contribution in [2.24, 2.45) is 0 Å². The fourth-order valence-corrected chi connectivity index (χ4v) is 4.33. The van der Waals surface area contributed by atoms with Gasteiger partial charge in [0.05, 0.1) is 11.3 Å². The second-order valence-corrected chi connectivity index (χ2v) is 8.70. The van der Waals surface area contributed by atoms with Crippen molar-refractivity contribution in [3.05, 3.63) is 107 Å². The second-order valence-electron chi connectivity index (χ2n) is 7.21. The standard InChI is InChI=1S/C26H18ClNO4S/c27-18-9-7-16(8-10-18)23(29)15-33-20-13-11-19(12-14-20)28-25(30)21-5-1-3-17-4-2-6-22(24(17)21)26(31)32/h1-14H,15H2,(H,28,30)(H,31,32). The number of Topliss-reactive ketones (excluding diaryl/α,β-unsaturated/α-hetero) is 1. The van der Waals surface area contributed by atoms with Crippen LogP contribution in [-0.2, 0) is 0 Å². The number of nitrogens with one attached hydrogen (secondary N) is 1. The van der Waals surface area contributed by atoms with Crippen LogP contribution in [0.3, 0.4) is 0 Å². The lowest BCUT2D eigenvalue weighted by Crippen LogP contribution is -2.13. The van der Waals surface area contributed by atoms with E-state index in [-0.39, 0.29) is 22.7 Å². The molecule has 0 saturated carbocycles. The molecule has 164 valence electrons. The van der Waals surface area contributed by atoms with Crippen molar-refractivity contribution < 1.29 is 19.5 Å². The Morgan fingerprint density at radius 1 is 0.818 bits per heavy atom. The van der Waals surface area contributed by atoms with Gasteiger partial charge in [-0.1, -0.05) is 35.9 Å². The second kappa shape index (κ2) is 9.90. The Balaban J connectivity index is 1.45. The van der Waals surface area contributed by atoms with E-state index in [1.54, 1.807) is 66.7 Å². The van der Waals surface area contributed by atoms with E-state index in [1.165, 1.54) is 17.8 Å². The number of carboxylic acids is 1. The van der Waals surface area contributed by atoms with Gasteiger partial charge in [0.25, 0.3) is 5.91 Å². The number of hydrogen-bond donors (Lipinski definition) is 2. The summed E-state index contributed by atoms with van der Waals surface area (Å²) < 4.78 is 0. The third-order valence-corrected chi connectivity index (χ3v) is 6.29. The van der Waals surface area contributed by atoms with Gasteiger partial charge in [-0.3, -0.25) is 9.59 Å². The van der Waals surface area contributed by atoms with Crippen molar-refractivity contribution in [3.63, 3.8) is 0 Å². The molecule has 7 heteroatoms. The lowest BCUT2D eigenvalue weighted by atomic mass is 9.98. The van der Waals surface area contributed by atoms with Crippen LogP contribution in [0.2, 0.25) is 5.02 Å². The van der Waals surface area contributed by atoms with Gasteiger partial charge in [0, 0.05) is 32.1 Å². The van der Waals surface area contributed by atoms with E-state index in [0.29, 0.717) is 27.0 Å². The Labute approximate surface area is 199 Å². The van der Waals surface area contributed by atoms with Crippen LogP contribution in [0.15, 0.2) is 89.8 Å². The lowest BCUT2D eigenvalue weighted by Gasteiger charge is -2.11. The predicted molar refractivity (Wildman–Crippen MR) is 132 cm³/mol.